The van der Waals surface area contributed by atoms with Crippen molar-refractivity contribution in [1.29, 1.82) is 0 Å². The van der Waals surface area contributed by atoms with Crippen LogP contribution in [0.4, 0.5) is 0 Å². The molecule has 2 aromatic carbocycles. The van der Waals surface area contributed by atoms with Gasteiger partial charge in [0.25, 0.3) is 0 Å². The third kappa shape index (κ3) is 4.00. The molecular formula is C20H20ClN5OS. The van der Waals surface area contributed by atoms with Gasteiger partial charge in [0, 0.05) is 10.6 Å². The van der Waals surface area contributed by atoms with Crippen molar-refractivity contribution in [3.8, 4) is 11.4 Å². The number of carbonyl (C=O) groups excluding carboxylic acids is 1. The normalized spacial score (nSPS) is 15.8. The molecule has 4 rings (SSSR count). The van der Waals surface area contributed by atoms with Crippen molar-refractivity contribution in [3.63, 3.8) is 0 Å². The summed E-state index contributed by atoms with van der Waals surface area (Å²) in [6.07, 6.45) is 3.11. The Bertz CT molecular complexity index is 1010. The molecule has 0 radical (unpaired) electrons. The summed E-state index contributed by atoms with van der Waals surface area (Å²) < 4.78 is 1.39. The predicted octanol–water partition coefficient (Wildman–Crippen LogP) is 3.60. The number of aryl methyl sites for hydroxylation is 1. The Hall–Kier alpha value is -2.51. The number of benzene rings is 2. The van der Waals surface area contributed by atoms with Crippen LogP contribution < -0.4 is 11.2 Å². The number of halogens is 1. The fourth-order valence-corrected chi connectivity index (χ4v) is 4.33. The molecule has 0 fully saturated rings. The number of carbonyl (C=O) groups is 1. The van der Waals surface area contributed by atoms with Crippen molar-refractivity contribution in [3.05, 3.63) is 64.7 Å². The summed E-state index contributed by atoms with van der Waals surface area (Å²) in [5.41, 5.74) is 3.31. The maximum atomic E-state index is 12.5. The lowest BCUT2D eigenvalue weighted by Crippen LogP contribution is -2.32. The molecule has 0 bridgehead atoms. The molecule has 144 valence electrons. The van der Waals surface area contributed by atoms with Crippen LogP contribution in [0.5, 0.6) is 0 Å². The summed E-state index contributed by atoms with van der Waals surface area (Å²) in [7, 11) is 0. The van der Waals surface area contributed by atoms with E-state index >= 15 is 0 Å². The van der Waals surface area contributed by atoms with E-state index < -0.39 is 0 Å². The number of nitrogens with one attached hydrogen (secondary N) is 1. The quantitative estimate of drug-likeness (QED) is 0.493. The van der Waals surface area contributed by atoms with Crippen LogP contribution in [-0.2, 0) is 11.2 Å². The number of thioether (sulfide) groups is 1. The lowest BCUT2D eigenvalue weighted by Gasteiger charge is -2.26. The SMILES string of the molecule is Nn1c(SCC(=O)N[C@@H]2CCCc3ccccc32)nnc1-c1cccc(Cl)c1. The first-order valence-corrected chi connectivity index (χ1v) is 10.4. The van der Waals surface area contributed by atoms with Gasteiger partial charge in [0.2, 0.25) is 11.1 Å². The maximum absolute atomic E-state index is 12.5. The summed E-state index contributed by atoms with van der Waals surface area (Å²) >= 11 is 7.29. The Labute approximate surface area is 172 Å². The summed E-state index contributed by atoms with van der Waals surface area (Å²) in [5, 5.41) is 12.4. The second-order valence-electron chi connectivity index (χ2n) is 6.69. The van der Waals surface area contributed by atoms with E-state index in [0.29, 0.717) is 16.0 Å². The van der Waals surface area contributed by atoms with Crippen LogP contribution in [0.25, 0.3) is 11.4 Å². The molecule has 1 aliphatic carbocycles. The van der Waals surface area contributed by atoms with Crippen LogP contribution in [-0.4, -0.2) is 26.5 Å². The monoisotopic (exact) mass is 413 g/mol. The van der Waals surface area contributed by atoms with Gasteiger partial charge < -0.3 is 11.2 Å². The smallest absolute Gasteiger partial charge is 0.230 e. The van der Waals surface area contributed by atoms with Crippen molar-refractivity contribution >= 4 is 29.3 Å². The first-order valence-electron chi connectivity index (χ1n) is 9.08. The van der Waals surface area contributed by atoms with Crippen molar-refractivity contribution in [2.75, 3.05) is 11.6 Å². The molecule has 1 heterocycles. The number of hydrogen-bond acceptors (Lipinski definition) is 5. The van der Waals surface area contributed by atoms with E-state index in [2.05, 4.69) is 27.6 Å². The Morgan fingerprint density at radius 1 is 1.25 bits per heavy atom. The van der Waals surface area contributed by atoms with Crippen LogP contribution in [0.2, 0.25) is 5.02 Å². The van der Waals surface area contributed by atoms with Crippen LogP contribution in [0.1, 0.15) is 30.0 Å². The summed E-state index contributed by atoms with van der Waals surface area (Å²) in [6, 6.07) is 15.6. The molecular weight excluding hydrogens is 394 g/mol. The van der Waals surface area contributed by atoms with Crippen LogP contribution in [0.15, 0.2) is 53.7 Å². The van der Waals surface area contributed by atoms with Gasteiger partial charge in [0.15, 0.2) is 5.82 Å². The second kappa shape index (κ2) is 8.24. The average Bonchev–Trinajstić information content (AvgIpc) is 3.07. The molecule has 1 aliphatic rings. The lowest BCUT2D eigenvalue weighted by molar-refractivity contribution is -0.119. The van der Waals surface area contributed by atoms with Gasteiger partial charge >= 0.3 is 0 Å². The molecule has 28 heavy (non-hydrogen) atoms. The van der Waals surface area contributed by atoms with Gasteiger partial charge in [-0.25, -0.2) is 4.68 Å². The van der Waals surface area contributed by atoms with Crippen molar-refractivity contribution in [1.82, 2.24) is 20.2 Å². The van der Waals surface area contributed by atoms with E-state index in [9.17, 15) is 4.79 Å². The van der Waals surface area contributed by atoms with Gasteiger partial charge in [-0.3, -0.25) is 4.79 Å². The molecule has 3 aromatic rings. The standard InChI is InChI=1S/C20H20ClN5OS/c21-15-8-3-7-14(11-15)19-24-25-20(26(19)22)28-12-18(27)23-17-10-4-6-13-5-1-2-9-16(13)17/h1-3,5,7-9,11,17H,4,6,10,12,22H2,(H,23,27)/t17-/m1/s1. The van der Waals surface area contributed by atoms with Gasteiger partial charge in [-0.2, -0.15) is 0 Å². The van der Waals surface area contributed by atoms with E-state index in [0.717, 1.165) is 24.8 Å². The van der Waals surface area contributed by atoms with Crippen molar-refractivity contribution < 1.29 is 4.79 Å². The Balaban J connectivity index is 1.40. The van der Waals surface area contributed by atoms with Crippen LogP contribution in [0, 0.1) is 0 Å². The van der Waals surface area contributed by atoms with E-state index in [4.69, 9.17) is 17.4 Å². The molecule has 3 N–H and O–H groups in total. The molecule has 0 saturated heterocycles. The third-order valence-corrected chi connectivity index (χ3v) is 5.96. The third-order valence-electron chi connectivity index (χ3n) is 4.78. The molecule has 0 spiro atoms. The molecule has 6 nitrogen and oxygen atoms in total. The first-order chi connectivity index (χ1) is 13.6. The highest BCUT2D eigenvalue weighted by molar-refractivity contribution is 7.99. The minimum atomic E-state index is -0.0426. The zero-order valence-electron chi connectivity index (χ0n) is 15.1. The van der Waals surface area contributed by atoms with Crippen molar-refractivity contribution in [2.45, 2.75) is 30.5 Å². The Morgan fingerprint density at radius 2 is 2.11 bits per heavy atom. The fraction of sp³-hybridized carbons (Fsp3) is 0.250. The second-order valence-corrected chi connectivity index (χ2v) is 8.07. The number of fused-ring (bicyclic) bond motifs is 1. The summed E-state index contributed by atoms with van der Waals surface area (Å²) in [4.78, 5) is 12.5. The van der Waals surface area contributed by atoms with E-state index in [-0.39, 0.29) is 17.7 Å². The molecule has 8 heteroatoms. The number of aromatic nitrogens is 3. The van der Waals surface area contributed by atoms with Crippen LogP contribution in [0.3, 0.4) is 0 Å². The number of nitrogen functional groups attached to an aromatic ring is 1. The van der Waals surface area contributed by atoms with Crippen LogP contribution >= 0.6 is 23.4 Å². The zero-order valence-corrected chi connectivity index (χ0v) is 16.7. The minimum Gasteiger partial charge on any atom is -0.349 e. The minimum absolute atomic E-state index is 0.0426. The molecule has 1 aromatic heterocycles. The molecule has 1 amide bonds. The number of hydrogen-bond donors (Lipinski definition) is 2. The summed E-state index contributed by atoms with van der Waals surface area (Å²) in [6.45, 7) is 0. The number of amides is 1. The van der Waals surface area contributed by atoms with Gasteiger partial charge in [-0.1, -0.05) is 59.8 Å². The maximum Gasteiger partial charge on any atom is 0.230 e. The van der Waals surface area contributed by atoms with Gasteiger partial charge in [0.1, 0.15) is 0 Å². The van der Waals surface area contributed by atoms with Gasteiger partial charge in [-0.05, 0) is 42.5 Å². The topological polar surface area (TPSA) is 85.8 Å². The van der Waals surface area contributed by atoms with Gasteiger partial charge in [0.05, 0.1) is 11.8 Å². The molecule has 0 unspecified atom stereocenters. The average molecular weight is 414 g/mol. The lowest BCUT2D eigenvalue weighted by atomic mass is 9.88. The fourth-order valence-electron chi connectivity index (χ4n) is 3.47. The van der Waals surface area contributed by atoms with E-state index in [1.807, 2.05) is 24.3 Å². The largest absolute Gasteiger partial charge is 0.349 e. The zero-order chi connectivity index (χ0) is 19.5. The van der Waals surface area contributed by atoms with E-state index in [1.54, 1.807) is 12.1 Å². The highest BCUT2D eigenvalue weighted by atomic mass is 35.5. The highest BCUT2D eigenvalue weighted by Gasteiger charge is 2.22. The molecule has 1 atom stereocenters. The van der Waals surface area contributed by atoms with E-state index in [1.165, 1.54) is 27.6 Å². The molecule has 0 aliphatic heterocycles. The Kier molecular flexibility index (Phi) is 5.54. The highest BCUT2D eigenvalue weighted by Crippen LogP contribution is 2.30. The van der Waals surface area contributed by atoms with Gasteiger partial charge in [-0.15, -0.1) is 10.2 Å². The first kappa shape index (κ1) is 18.8. The molecule has 0 saturated carbocycles. The van der Waals surface area contributed by atoms with Crippen molar-refractivity contribution in [2.24, 2.45) is 0 Å². The number of rotatable bonds is 5. The predicted molar refractivity (Wildman–Crippen MR) is 112 cm³/mol. The Morgan fingerprint density at radius 3 is 2.96 bits per heavy atom. The number of nitrogens with zero attached hydrogens (tertiary/aromatic N) is 3. The summed E-state index contributed by atoms with van der Waals surface area (Å²) in [5.74, 6) is 6.80. The number of nitrogens with two attached hydrogens (primary N) is 1.